The monoisotopic (exact) mass is 344 g/mol. The molecule has 126 valence electrons. The normalized spacial score (nSPS) is 18.4. The van der Waals surface area contributed by atoms with Crippen molar-refractivity contribution in [3.8, 4) is 5.75 Å². The summed E-state index contributed by atoms with van der Waals surface area (Å²) < 4.78 is 5.63. The van der Waals surface area contributed by atoms with Crippen molar-refractivity contribution in [3.63, 3.8) is 0 Å². The molecular weight excluding hydrogens is 324 g/mol. The third-order valence-corrected chi connectivity index (χ3v) is 4.59. The van der Waals surface area contributed by atoms with E-state index in [1.54, 1.807) is 12.1 Å². The first-order valence-electron chi connectivity index (χ1n) is 8.05. The summed E-state index contributed by atoms with van der Waals surface area (Å²) >= 11 is 6.08. The minimum Gasteiger partial charge on any atom is -0.482 e. The van der Waals surface area contributed by atoms with E-state index in [1.807, 2.05) is 35.2 Å². The molecule has 0 aliphatic carbocycles. The largest absolute Gasteiger partial charge is 0.482 e. The molecule has 0 unspecified atom stereocenters. The molecule has 1 atom stereocenters. The van der Waals surface area contributed by atoms with Crippen LogP contribution in [0.2, 0.25) is 5.02 Å². The van der Waals surface area contributed by atoms with E-state index in [2.05, 4.69) is 24.1 Å². The lowest BCUT2D eigenvalue weighted by molar-refractivity contribution is -0.138. The number of carbonyl (C=O) groups is 1. The maximum Gasteiger partial charge on any atom is 0.261 e. The molecule has 1 aliphatic heterocycles. The molecule has 0 aromatic heterocycles. The van der Waals surface area contributed by atoms with Crippen molar-refractivity contribution in [1.82, 2.24) is 9.80 Å². The van der Waals surface area contributed by atoms with Crippen molar-refractivity contribution in [1.29, 1.82) is 0 Å². The summed E-state index contributed by atoms with van der Waals surface area (Å²) in [5.41, 5.74) is 1.15. The van der Waals surface area contributed by atoms with Crippen molar-refractivity contribution in [2.24, 2.45) is 0 Å². The van der Waals surface area contributed by atoms with E-state index in [-0.39, 0.29) is 18.6 Å². The zero-order chi connectivity index (χ0) is 16.9. The zero-order valence-electron chi connectivity index (χ0n) is 13.7. The first kappa shape index (κ1) is 16.8. The van der Waals surface area contributed by atoms with Crippen molar-refractivity contribution in [3.05, 3.63) is 65.2 Å². The van der Waals surface area contributed by atoms with Gasteiger partial charge in [-0.3, -0.25) is 4.79 Å². The van der Waals surface area contributed by atoms with Crippen LogP contribution in [0.1, 0.15) is 11.6 Å². The Morgan fingerprint density at radius 3 is 2.58 bits per heavy atom. The fourth-order valence-corrected chi connectivity index (χ4v) is 3.15. The molecule has 0 spiro atoms. The second kappa shape index (κ2) is 7.69. The minimum atomic E-state index is -0.0168. The summed E-state index contributed by atoms with van der Waals surface area (Å²) in [6.45, 7) is 2.38. The average molecular weight is 345 g/mol. The first-order chi connectivity index (χ1) is 11.6. The molecule has 1 amide bonds. The van der Waals surface area contributed by atoms with Crippen LogP contribution in [0.5, 0.6) is 5.75 Å². The molecule has 0 bridgehead atoms. The second-order valence-electron chi connectivity index (χ2n) is 5.99. The van der Waals surface area contributed by atoms with Gasteiger partial charge in [0.15, 0.2) is 6.61 Å². The fourth-order valence-electron chi connectivity index (χ4n) is 2.96. The molecule has 0 radical (unpaired) electrons. The van der Waals surface area contributed by atoms with E-state index in [0.29, 0.717) is 17.3 Å². The van der Waals surface area contributed by atoms with Crippen molar-refractivity contribution in [2.75, 3.05) is 33.3 Å². The Kier molecular flexibility index (Phi) is 5.38. The van der Waals surface area contributed by atoms with Crippen LogP contribution in [0, 0.1) is 0 Å². The summed E-state index contributed by atoms with van der Waals surface area (Å²) in [5, 5.41) is 0.517. The molecule has 3 rings (SSSR count). The number of amides is 1. The Morgan fingerprint density at radius 2 is 1.83 bits per heavy atom. The number of para-hydroxylation sites is 1. The van der Waals surface area contributed by atoms with Gasteiger partial charge in [0.25, 0.3) is 5.91 Å². The zero-order valence-corrected chi connectivity index (χ0v) is 14.4. The van der Waals surface area contributed by atoms with Gasteiger partial charge in [0.1, 0.15) is 5.75 Å². The van der Waals surface area contributed by atoms with Gasteiger partial charge in [0.05, 0.1) is 11.1 Å². The average Bonchev–Trinajstić information content (AvgIpc) is 2.61. The predicted molar refractivity (Wildman–Crippen MR) is 95.3 cm³/mol. The van der Waals surface area contributed by atoms with Gasteiger partial charge >= 0.3 is 0 Å². The molecule has 1 heterocycles. The third kappa shape index (κ3) is 3.89. The molecule has 0 saturated carbocycles. The Hall–Kier alpha value is -2.04. The molecule has 1 fully saturated rings. The Bertz CT molecular complexity index is 693. The number of likely N-dealkylation sites (N-methyl/N-ethyl adjacent to an activating group) is 1. The minimum absolute atomic E-state index is 0.00319. The van der Waals surface area contributed by atoms with Crippen LogP contribution in [-0.2, 0) is 4.79 Å². The Morgan fingerprint density at radius 1 is 1.12 bits per heavy atom. The number of hydrogen-bond donors (Lipinski definition) is 0. The molecule has 5 heteroatoms. The Balaban J connectivity index is 1.71. The lowest BCUT2D eigenvalue weighted by atomic mass is 10.0. The standard InChI is InChI=1S/C19H21ClN2O2/c1-21-11-12-22(17(13-21)15-7-3-2-4-8-15)19(23)14-24-18-10-6-5-9-16(18)20/h2-10,17H,11-14H2,1H3/t17-/m1/s1. The van der Waals surface area contributed by atoms with Crippen molar-refractivity contribution in [2.45, 2.75) is 6.04 Å². The smallest absolute Gasteiger partial charge is 0.261 e. The lowest BCUT2D eigenvalue weighted by Crippen LogP contribution is -2.50. The quantitative estimate of drug-likeness (QED) is 0.853. The van der Waals surface area contributed by atoms with Gasteiger partial charge in [0.2, 0.25) is 0 Å². The molecule has 0 N–H and O–H groups in total. The molecule has 1 saturated heterocycles. The van der Waals surface area contributed by atoms with Gasteiger partial charge in [-0.2, -0.15) is 0 Å². The molecule has 1 aliphatic rings. The van der Waals surface area contributed by atoms with Gasteiger partial charge in [-0.1, -0.05) is 54.1 Å². The van der Waals surface area contributed by atoms with Gasteiger partial charge in [-0.15, -0.1) is 0 Å². The summed E-state index contributed by atoms with van der Waals surface area (Å²) in [6, 6.07) is 17.4. The van der Waals surface area contributed by atoms with Gasteiger partial charge in [-0.05, 0) is 24.7 Å². The molecule has 2 aromatic rings. The highest BCUT2D eigenvalue weighted by atomic mass is 35.5. The van der Waals surface area contributed by atoms with E-state index in [0.717, 1.165) is 18.7 Å². The number of piperazine rings is 1. The maximum atomic E-state index is 12.7. The van der Waals surface area contributed by atoms with E-state index in [4.69, 9.17) is 16.3 Å². The van der Waals surface area contributed by atoms with Crippen molar-refractivity contribution < 1.29 is 9.53 Å². The number of halogens is 1. The van der Waals surface area contributed by atoms with Gasteiger partial charge in [-0.25, -0.2) is 0 Å². The van der Waals surface area contributed by atoms with Crippen LogP contribution >= 0.6 is 11.6 Å². The van der Waals surface area contributed by atoms with E-state index in [1.165, 1.54) is 0 Å². The number of hydrogen-bond acceptors (Lipinski definition) is 3. The molecule has 24 heavy (non-hydrogen) atoms. The summed E-state index contributed by atoms with van der Waals surface area (Å²) in [4.78, 5) is 16.9. The highest BCUT2D eigenvalue weighted by Gasteiger charge is 2.30. The maximum absolute atomic E-state index is 12.7. The van der Waals surface area contributed by atoms with Crippen LogP contribution in [0.4, 0.5) is 0 Å². The van der Waals surface area contributed by atoms with E-state index in [9.17, 15) is 4.79 Å². The topological polar surface area (TPSA) is 32.8 Å². The number of benzene rings is 2. The second-order valence-corrected chi connectivity index (χ2v) is 6.40. The van der Waals surface area contributed by atoms with Crippen LogP contribution in [0.3, 0.4) is 0 Å². The fraction of sp³-hybridized carbons (Fsp3) is 0.316. The molecular formula is C19H21ClN2O2. The van der Waals surface area contributed by atoms with E-state index < -0.39 is 0 Å². The first-order valence-corrected chi connectivity index (χ1v) is 8.43. The van der Waals surface area contributed by atoms with Crippen molar-refractivity contribution >= 4 is 17.5 Å². The Labute approximate surface area is 147 Å². The highest BCUT2D eigenvalue weighted by Crippen LogP contribution is 2.26. The highest BCUT2D eigenvalue weighted by molar-refractivity contribution is 6.32. The van der Waals surface area contributed by atoms with Crippen LogP contribution in [0.25, 0.3) is 0 Å². The number of carbonyl (C=O) groups excluding carboxylic acids is 1. The lowest BCUT2D eigenvalue weighted by Gasteiger charge is -2.40. The van der Waals surface area contributed by atoms with Crippen LogP contribution in [0.15, 0.2) is 54.6 Å². The molecule has 4 nitrogen and oxygen atoms in total. The molecule has 2 aromatic carbocycles. The van der Waals surface area contributed by atoms with E-state index >= 15 is 0 Å². The summed E-state index contributed by atoms with van der Waals surface area (Å²) in [5.74, 6) is 0.523. The van der Waals surface area contributed by atoms with Gasteiger partial charge < -0.3 is 14.5 Å². The third-order valence-electron chi connectivity index (χ3n) is 4.28. The summed E-state index contributed by atoms with van der Waals surface area (Å²) in [6.07, 6.45) is 0. The predicted octanol–water partition coefficient (Wildman–Crippen LogP) is 3.23. The summed E-state index contributed by atoms with van der Waals surface area (Å²) in [7, 11) is 2.08. The van der Waals surface area contributed by atoms with Crippen LogP contribution < -0.4 is 4.74 Å². The van der Waals surface area contributed by atoms with Gasteiger partial charge in [0, 0.05) is 19.6 Å². The van der Waals surface area contributed by atoms with Crippen LogP contribution in [-0.4, -0.2) is 49.0 Å². The number of ether oxygens (including phenoxy) is 1. The SMILES string of the molecule is CN1CCN(C(=O)COc2ccccc2Cl)[C@@H](c2ccccc2)C1. The number of nitrogens with zero attached hydrogens (tertiary/aromatic N) is 2. The number of rotatable bonds is 4.